The van der Waals surface area contributed by atoms with Crippen LogP contribution in [0.25, 0.3) is 0 Å². The molecule has 0 bridgehead atoms. The molecule has 1 aliphatic carbocycles. The van der Waals surface area contributed by atoms with E-state index in [0.29, 0.717) is 35.1 Å². The van der Waals surface area contributed by atoms with Crippen molar-refractivity contribution in [1.29, 1.82) is 5.26 Å². The fourth-order valence-electron chi connectivity index (χ4n) is 4.70. The second-order valence-electron chi connectivity index (χ2n) is 9.11. The molecule has 4 rings (SSSR count). The van der Waals surface area contributed by atoms with Gasteiger partial charge in [-0.2, -0.15) is 10.4 Å². The molecule has 35 heavy (non-hydrogen) atoms. The number of nitriles is 1. The van der Waals surface area contributed by atoms with Crippen LogP contribution >= 0.6 is 11.6 Å². The zero-order valence-corrected chi connectivity index (χ0v) is 20.1. The van der Waals surface area contributed by atoms with Gasteiger partial charge in [0.25, 0.3) is 5.91 Å². The third kappa shape index (κ3) is 6.68. The van der Waals surface area contributed by atoms with Crippen LogP contribution in [0, 0.1) is 11.3 Å². The molecule has 1 aliphatic heterocycles. The number of aliphatic carboxylic acids is 1. The molecule has 0 spiro atoms. The number of rotatable bonds is 7. The lowest BCUT2D eigenvalue weighted by atomic mass is 9.92. The number of nitrogens with zero attached hydrogens (tertiary/aromatic N) is 4. The first kappa shape index (κ1) is 24.9. The summed E-state index contributed by atoms with van der Waals surface area (Å²) in [5, 5.41) is 29.8. The highest BCUT2D eigenvalue weighted by Gasteiger charge is 2.26. The zero-order valence-electron chi connectivity index (χ0n) is 19.3. The summed E-state index contributed by atoms with van der Waals surface area (Å²) in [6.07, 6.45) is 4.87. The van der Waals surface area contributed by atoms with E-state index in [-0.39, 0.29) is 30.5 Å². The number of carboxylic acid groups (broad SMARTS) is 1. The number of carboxylic acids is 1. The molecule has 1 saturated carbocycles. The number of amides is 1. The zero-order chi connectivity index (χ0) is 24.8. The summed E-state index contributed by atoms with van der Waals surface area (Å²) in [5.41, 5.74) is 1.56. The Balaban J connectivity index is 1.22. The summed E-state index contributed by atoms with van der Waals surface area (Å²) in [7, 11) is 0. The maximum absolute atomic E-state index is 12.7. The summed E-state index contributed by atoms with van der Waals surface area (Å²) in [4.78, 5) is 25.5. The van der Waals surface area contributed by atoms with E-state index in [0.717, 1.165) is 44.2 Å². The van der Waals surface area contributed by atoms with Crippen LogP contribution in [0.1, 0.15) is 66.2 Å². The predicted molar refractivity (Wildman–Crippen MR) is 128 cm³/mol. The number of hydrogen-bond donors (Lipinski definition) is 2. The number of likely N-dealkylation sites (tertiary alicyclic amines) is 1. The number of ether oxygens (including phenoxy) is 1. The van der Waals surface area contributed by atoms with Gasteiger partial charge in [0, 0.05) is 18.0 Å². The molecule has 1 aromatic heterocycles. The third-order valence-electron chi connectivity index (χ3n) is 6.66. The summed E-state index contributed by atoms with van der Waals surface area (Å²) < 4.78 is 6.01. The fraction of sp³-hybridized carbons (Fsp3) is 0.480. The summed E-state index contributed by atoms with van der Waals surface area (Å²) in [6.45, 7) is 1.49. The summed E-state index contributed by atoms with van der Waals surface area (Å²) >= 11 is 6.08. The van der Waals surface area contributed by atoms with Crippen molar-refractivity contribution < 1.29 is 19.4 Å². The van der Waals surface area contributed by atoms with E-state index in [2.05, 4.69) is 15.5 Å². The molecule has 1 amide bonds. The number of carbonyl (C=O) groups excluding carboxylic acids is 1. The lowest BCUT2D eigenvalue weighted by Crippen LogP contribution is -2.40. The van der Waals surface area contributed by atoms with Crippen LogP contribution in [-0.2, 0) is 4.79 Å². The molecule has 0 radical (unpaired) electrons. The Morgan fingerprint density at radius 2 is 1.86 bits per heavy atom. The molecule has 2 fully saturated rings. The standard InChI is InChI=1S/C25H28ClN5O4/c26-21-13-20(4-1-17(21)14-27)35-19-5-2-18(3-6-19)28-25(34)23-8-7-22(29-30-23)16-9-11-31(12-10-16)15-24(32)33/h1,4,7-8,13,16,18-19H,2-3,5-6,9-12,15H2,(H,28,34)(H,32,33)/t18-,19-. The van der Waals surface area contributed by atoms with Gasteiger partial charge in [-0.25, -0.2) is 0 Å². The van der Waals surface area contributed by atoms with Crippen molar-refractivity contribution >= 4 is 23.5 Å². The topological polar surface area (TPSA) is 128 Å². The van der Waals surface area contributed by atoms with Crippen LogP contribution in [0.15, 0.2) is 30.3 Å². The van der Waals surface area contributed by atoms with Gasteiger partial charge in [0.15, 0.2) is 5.69 Å². The highest BCUT2D eigenvalue weighted by Crippen LogP contribution is 2.28. The molecule has 2 N–H and O–H groups in total. The molecule has 0 unspecified atom stereocenters. The maximum Gasteiger partial charge on any atom is 0.317 e. The van der Waals surface area contributed by atoms with Crippen LogP contribution in [0.2, 0.25) is 5.02 Å². The second-order valence-corrected chi connectivity index (χ2v) is 9.51. The minimum absolute atomic E-state index is 0.0353. The van der Waals surface area contributed by atoms with Crippen molar-refractivity contribution in [2.24, 2.45) is 0 Å². The minimum Gasteiger partial charge on any atom is -0.490 e. The molecular formula is C25H28ClN5O4. The normalized spacial score (nSPS) is 21.1. The number of benzene rings is 1. The Hall–Kier alpha value is -3.22. The van der Waals surface area contributed by atoms with Gasteiger partial charge in [0.1, 0.15) is 11.8 Å². The highest BCUT2D eigenvalue weighted by molar-refractivity contribution is 6.31. The molecule has 2 aliphatic rings. The Labute approximate surface area is 209 Å². The maximum atomic E-state index is 12.7. The van der Waals surface area contributed by atoms with Crippen LogP contribution < -0.4 is 10.1 Å². The molecular weight excluding hydrogens is 470 g/mol. The molecule has 9 nitrogen and oxygen atoms in total. The van der Waals surface area contributed by atoms with Gasteiger partial charge in [-0.3, -0.25) is 14.5 Å². The molecule has 1 saturated heterocycles. The molecule has 1 aromatic carbocycles. The molecule has 2 heterocycles. The van der Waals surface area contributed by atoms with Crippen LogP contribution in [-0.4, -0.2) is 63.9 Å². The van der Waals surface area contributed by atoms with Crippen molar-refractivity contribution in [2.75, 3.05) is 19.6 Å². The fourth-order valence-corrected chi connectivity index (χ4v) is 4.91. The van der Waals surface area contributed by atoms with E-state index in [1.807, 2.05) is 17.0 Å². The van der Waals surface area contributed by atoms with E-state index in [1.54, 1.807) is 24.3 Å². The van der Waals surface area contributed by atoms with Gasteiger partial charge < -0.3 is 15.2 Å². The van der Waals surface area contributed by atoms with Crippen molar-refractivity contribution in [2.45, 2.75) is 56.6 Å². The number of halogens is 1. The van der Waals surface area contributed by atoms with Gasteiger partial charge >= 0.3 is 5.97 Å². The number of carbonyl (C=O) groups is 2. The first-order valence-corrected chi connectivity index (χ1v) is 12.2. The minimum atomic E-state index is -0.809. The van der Waals surface area contributed by atoms with Crippen LogP contribution in [0.5, 0.6) is 5.75 Å². The van der Waals surface area contributed by atoms with Crippen LogP contribution in [0.3, 0.4) is 0 Å². The number of piperidine rings is 1. The van der Waals surface area contributed by atoms with Gasteiger partial charge in [0.2, 0.25) is 0 Å². The first-order chi connectivity index (χ1) is 16.9. The lowest BCUT2D eigenvalue weighted by Gasteiger charge is -2.30. The molecule has 184 valence electrons. The Kier molecular flexibility index (Phi) is 8.16. The quantitative estimate of drug-likeness (QED) is 0.595. The second kappa shape index (κ2) is 11.5. The Morgan fingerprint density at radius 1 is 1.11 bits per heavy atom. The van der Waals surface area contributed by atoms with E-state index in [1.165, 1.54) is 0 Å². The van der Waals surface area contributed by atoms with E-state index >= 15 is 0 Å². The average molecular weight is 498 g/mol. The monoisotopic (exact) mass is 497 g/mol. The summed E-state index contributed by atoms with van der Waals surface area (Å²) in [5.74, 6) is -0.172. The first-order valence-electron chi connectivity index (χ1n) is 11.9. The van der Waals surface area contributed by atoms with Crippen molar-refractivity contribution in [3.8, 4) is 11.8 Å². The van der Waals surface area contributed by atoms with Crippen molar-refractivity contribution in [3.63, 3.8) is 0 Å². The SMILES string of the molecule is N#Cc1ccc(O[C@H]2CC[C@H](NC(=O)c3ccc(C4CCN(CC(=O)O)CC4)nn3)CC2)cc1Cl. The van der Waals surface area contributed by atoms with Gasteiger partial charge in [0.05, 0.1) is 28.9 Å². The number of hydrogen-bond acceptors (Lipinski definition) is 7. The van der Waals surface area contributed by atoms with E-state index in [9.17, 15) is 9.59 Å². The summed E-state index contributed by atoms with van der Waals surface area (Å²) in [6, 6.07) is 10.7. The third-order valence-corrected chi connectivity index (χ3v) is 6.97. The molecule has 0 atom stereocenters. The average Bonchev–Trinajstić information content (AvgIpc) is 2.85. The predicted octanol–water partition coefficient (Wildman–Crippen LogP) is 3.39. The van der Waals surface area contributed by atoms with Crippen molar-refractivity contribution in [1.82, 2.24) is 20.4 Å². The van der Waals surface area contributed by atoms with Crippen LogP contribution in [0.4, 0.5) is 0 Å². The van der Waals surface area contributed by atoms with Gasteiger partial charge in [-0.1, -0.05) is 11.6 Å². The van der Waals surface area contributed by atoms with E-state index in [4.69, 9.17) is 26.7 Å². The molecule has 2 aromatic rings. The largest absolute Gasteiger partial charge is 0.490 e. The van der Waals surface area contributed by atoms with Gasteiger partial charge in [-0.15, -0.1) is 5.10 Å². The van der Waals surface area contributed by atoms with Crippen molar-refractivity contribution in [3.05, 3.63) is 52.3 Å². The van der Waals surface area contributed by atoms with E-state index < -0.39 is 5.97 Å². The Bertz CT molecular complexity index is 1090. The number of aromatic nitrogens is 2. The Morgan fingerprint density at radius 3 is 2.46 bits per heavy atom. The number of nitrogens with one attached hydrogen (secondary N) is 1. The van der Waals surface area contributed by atoms with Gasteiger partial charge in [-0.05, 0) is 75.9 Å². The highest BCUT2D eigenvalue weighted by atomic mass is 35.5. The lowest BCUT2D eigenvalue weighted by molar-refractivity contribution is -0.138. The smallest absolute Gasteiger partial charge is 0.317 e. The molecule has 10 heteroatoms.